The number of anilines is 1. The summed E-state index contributed by atoms with van der Waals surface area (Å²) in [5, 5.41) is 3.09. The van der Waals surface area contributed by atoms with Gasteiger partial charge >= 0.3 is 0 Å². The lowest BCUT2D eigenvalue weighted by atomic mass is 10.00. The molecule has 1 unspecified atom stereocenters. The van der Waals surface area contributed by atoms with Gasteiger partial charge in [-0.1, -0.05) is 42.5 Å². The summed E-state index contributed by atoms with van der Waals surface area (Å²) in [4.78, 5) is 17.9. The number of fused-ring (bicyclic) bond motifs is 2. The zero-order chi connectivity index (χ0) is 18.9. The van der Waals surface area contributed by atoms with Crippen LogP contribution in [-0.2, 0) is 11.2 Å². The van der Waals surface area contributed by atoms with Crippen molar-refractivity contribution in [3.05, 3.63) is 83.9 Å². The van der Waals surface area contributed by atoms with E-state index in [4.69, 9.17) is 9.73 Å². The SMILES string of the molecule is O=C1COc2ccc(C3=Nc4ccccc4SC3Cc3ccccc3)cc2N1. The van der Waals surface area contributed by atoms with Crippen LogP contribution in [0.2, 0.25) is 0 Å². The molecular weight excluding hydrogens is 368 g/mol. The summed E-state index contributed by atoms with van der Waals surface area (Å²) in [5.74, 6) is 0.572. The third-order valence-electron chi connectivity index (χ3n) is 4.85. The summed E-state index contributed by atoms with van der Waals surface area (Å²) < 4.78 is 5.50. The van der Waals surface area contributed by atoms with Crippen molar-refractivity contribution in [1.29, 1.82) is 0 Å². The summed E-state index contributed by atoms with van der Waals surface area (Å²) in [6, 6.07) is 24.6. The van der Waals surface area contributed by atoms with E-state index in [1.54, 1.807) is 0 Å². The average Bonchev–Trinajstić information content (AvgIpc) is 2.73. The van der Waals surface area contributed by atoms with E-state index in [0.29, 0.717) is 11.4 Å². The molecule has 3 aromatic rings. The molecule has 0 saturated carbocycles. The Morgan fingerprint density at radius 2 is 1.86 bits per heavy atom. The first-order valence-corrected chi connectivity index (χ1v) is 10.1. The first kappa shape index (κ1) is 17.1. The van der Waals surface area contributed by atoms with Gasteiger partial charge in [0.1, 0.15) is 5.75 Å². The van der Waals surface area contributed by atoms with Gasteiger partial charge in [0, 0.05) is 4.90 Å². The van der Waals surface area contributed by atoms with Crippen molar-refractivity contribution < 1.29 is 9.53 Å². The summed E-state index contributed by atoms with van der Waals surface area (Å²) in [6.45, 7) is 0.0627. The van der Waals surface area contributed by atoms with Crippen LogP contribution in [0.25, 0.3) is 0 Å². The molecule has 138 valence electrons. The number of aliphatic imine (C=N–C) groups is 1. The summed E-state index contributed by atoms with van der Waals surface area (Å²) >= 11 is 1.84. The number of rotatable bonds is 3. The van der Waals surface area contributed by atoms with Gasteiger partial charge in [-0.15, -0.1) is 11.8 Å². The Morgan fingerprint density at radius 1 is 1.04 bits per heavy atom. The number of carbonyl (C=O) groups excluding carboxylic acids is 1. The van der Waals surface area contributed by atoms with Crippen LogP contribution in [-0.4, -0.2) is 23.5 Å². The van der Waals surface area contributed by atoms with E-state index in [0.717, 1.165) is 23.4 Å². The van der Waals surface area contributed by atoms with Crippen LogP contribution in [0.15, 0.2) is 82.7 Å². The lowest BCUT2D eigenvalue weighted by Crippen LogP contribution is -2.27. The molecule has 0 aromatic heterocycles. The third kappa shape index (κ3) is 3.29. The Morgan fingerprint density at radius 3 is 2.75 bits per heavy atom. The molecule has 2 aliphatic rings. The van der Waals surface area contributed by atoms with Crippen molar-refractivity contribution in [2.24, 2.45) is 4.99 Å². The van der Waals surface area contributed by atoms with Gasteiger partial charge in [-0.05, 0) is 47.9 Å². The number of ether oxygens (including phenoxy) is 1. The normalized spacial score (nSPS) is 17.6. The number of nitrogens with zero attached hydrogens (tertiary/aromatic N) is 1. The average molecular weight is 386 g/mol. The van der Waals surface area contributed by atoms with Crippen LogP contribution < -0.4 is 10.1 Å². The number of amides is 1. The van der Waals surface area contributed by atoms with Crippen molar-refractivity contribution in [1.82, 2.24) is 0 Å². The van der Waals surface area contributed by atoms with Crippen LogP contribution >= 0.6 is 11.8 Å². The van der Waals surface area contributed by atoms with E-state index in [2.05, 4.69) is 41.7 Å². The Kier molecular flexibility index (Phi) is 4.37. The molecule has 0 saturated heterocycles. The lowest BCUT2D eigenvalue weighted by molar-refractivity contribution is -0.118. The fourth-order valence-electron chi connectivity index (χ4n) is 3.52. The number of carbonyl (C=O) groups is 1. The highest BCUT2D eigenvalue weighted by Crippen LogP contribution is 2.41. The fraction of sp³-hybridized carbons (Fsp3) is 0.130. The molecule has 1 N–H and O–H groups in total. The first-order chi connectivity index (χ1) is 13.8. The number of hydrogen-bond donors (Lipinski definition) is 1. The number of thioether (sulfide) groups is 1. The third-order valence-corrected chi connectivity index (χ3v) is 6.13. The summed E-state index contributed by atoms with van der Waals surface area (Å²) in [5.41, 5.74) is 5.01. The molecule has 0 spiro atoms. The van der Waals surface area contributed by atoms with Crippen LogP contribution in [0, 0.1) is 0 Å². The van der Waals surface area contributed by atoms with E-state index in [9.17, 15) is 4.79 Å². The topological polar surface area (TPSA) is 50.7 Å². The van der Waals surface area contributed by atoms with Crippen molar-refractivity contribution in [2.45, 2.75) is 16.6 Å². The second-order valence-corrected chi connectivity index (χ2v) is 8.05. The minimum absolute atomic E-state index is 0.0627. The molecule has 0 bridgehead atoms. The molecule has 5 rings (SSSR count). The molecule has 3 aromatic carbocycles. The standard InChI is InChI=1S/C23H18N2O2S/c26-22-14-27-19-11-10-16(13-18(19)24-22)23-21(12-15-6-2-1-3-7-15)28-20-9-5-4-8-17(20)25-23/h1-11,13,21H,12,14H2,(H,24,26). The second-order valence-electron chi connectivity index (χ2n) is 6.81. The quantitative estimate of drug-likeness (QED) is 0.700. The van der Waals surface area contributed by atoms with E-state index < -0.39 is 0 Å². The molecule has 2 heterocycles. The Balaban J connectivity index is 1.56. The molecule has 1 atom stereocenters. The van der Waals surface area contributed by atoms with Gasteiger partial charge in [-0.2, -0.15) is 0 Å². The highest BCUT2D eigenvalue weighted by atomic mass is 32.2. The van der Waals surface area contributed by atoms with Crippen molar-refractivity contribution in [3.8, 4) is 5.75 Å². The molecular formula is C23H18N2O2S. The molecule has 28 heavy (non-hydrogen) atoms. The Labute approximate surface area is 167 Å². The minimum Gasteiger partial charge on any atom is -0.482 e. The predicted octanol–water partition coefficient (Wildman–Crippen LogP) is 4.86. The van der Waals surface area contributed by atoms with E-state index in [-0.39, 0.29) is 17.8 Å². The summed E-state index contributed by atoms with van der Waals surface area (Å²) in [6.07, 6.45) is 0.888. The summed E-state index contributed by atoms with van der Waals surface area (Å²) in [7, 11) is 0. The molecule has 0 fully saturated rings. The smallest absolute Gasteiger partial charge is 0.262 e. The number of hydrogen-bond acceptors (Lipinski definition) is 4. The molecule has 4 nitrogen and oxygen atoms in total. The van der Waals surface area contributed by atoms with Gasteiger partial charge in [0.2, 0.25) is 0 Å². The molecule has 0 aliphatic carbocycles. The predicted molar refractivity (Wildman–Crippen MR) is 113 cm³/mol. The van der Waals surface area contributed by atoms with Gasteiger partial charge < -0.3 is 10.1 Å². The molecule has 5 heteroatoms. The maximum absolute atomic E-state index is 11.7. The monoisotopic (exact) mass is 386 g/mol. The largest absolute Gasteiger partial charge is 0.482 e. The highest BCUT2D eigenvalue weighted by molar-refractivity contribution is 8.01. The van der Waals surface area contributed by atoms with Crippen LogP contribution in [0.1, 0.15) is 11.1 Å². The first-order valence-electron chi connectivity index (χ1n) is 9.21. The lowest BCUT2D eigenvalue weighted by Gasteiger charge is -2.26. The Hall–Kier alpha value is -3.05. The van der Waals surface area contributed by atoms with E-state index >= 15 is 0 Å². The van der Waals surface area contributed by atoms with Crippen molar-refractivity contribution in [3.63, 3.8) is 0 Å². The van der Waals surface area contributed by atoms with Crippen LogP contribution in [0.3, 0.4) is 0 Å². The maximum atomic E-state index is 11.7. The van der Waals surface area contributed by atoms with Crippen LogP contribution in [0.5, 0.6) is 5.75 Å². The molecule has 2 aliphatic heterocycles. The molecule has 0 radical (unpaired) electrons. The van der Waals surface area contributed by atoms with Crippen molar-refractivity contribution in [2.75, 3.05) is 11.9 Å². The number of para-hydroxylation sites is 1. The van der Waals surface area contributed by atoms with Crippen molar-refractivity contribution >= 4 is 34.8 Å². The van der Waals surface area contributed by atoms with E-state index in [1.807, 2.05) is 48.2 Å². The molecule has 1 amide bonds. The fourth-order valence-corrected chi connectivity index (χ4v) is 4.79. The van der Waals surface area contributed by atoms with E-state index in [1.165, 1.54) is 10.5 Å². The van der Waals surface area contributed by atoms with Gasteiger partial charge in [-0.25, -0.2) is 0 Å². The van der Waals surface area contributed by atoms with Gasteiger partial charge in [-0.3, -0.25) is 9.79 Å². The highest BCUT2D eigenvalue weighted by Gasteiger charge is 2.27. The van der Waals surface area contributed by atoms with Gasteiger partial charge in [0.25, 0.3) is 5.91 Å². The minimum atomic E-state index is -0.129. The zero-order valence-corrected chi connectivity index (χ0v) is 15.9. The van der Waals surface area contributed by atoms with Gasteiger partial charge in [0.05, 0.1) is 22.3 Å². The Bertz CT molecular complexity index is 1080. The number of benzene rings is 3. The second kappa shape index (κ2) is 7.17. The number of nitrogens with one attached hydrogen (secondary N) is 1. The van der Waals surface area contributed by atoms with Crippen LogP contribution in [0.4, 0.5) is 11.4 Å². The van der Waals surface area contributed by atoms with Gasteiger partial charge in [0.15, 0.2) is 6.61 Å². The maximum Gasteiger partial charge on any atom is 0.262 e. The zero-order valence-electron chi connectivity index (χ0n) is 15.1.